The Hall–Kier alpha value is -4.19. The number of unbranched alkanes of at least 4 members (excludes halogenated alkanes) is 28. The molecule has 0 radical (unpaired) electrons. The molecule has 0 aliphatic rings. The monoisotopic (exact) mass is 1090 g/mol. The van der Waals surface area contributed by atoms with Gasteiger partial charge in [0.2, 0.25) is 0 Å². The van der Waals surface area contributed by atoms with Gasteiger partial charge in [0, 0.05) is 19.3 Å². The van der Waals surface area contributed by atoms with Gasteiger partial charge < -0.3 is 14.2 Å². The number of hydrogen-bond donors (Lipinski definition) is 0. The quantitative estimate of drug-likeness (QED) is 0.0261. The van der Waals surface area contributed by atoms with Crippen LogP contribution in [0.25, 0.3) is 0 Å². The van der Waals surface area contributed by atoms with Crippen LogP contribution >= 0.6 is 0 Å². The molecule has 0 aliphatic carbocycles. The van der Waals surface area contributed by atoms with E-state index in [0.29, 0.717) is 19.3 Å². The lowest BCUT2D eigenvalue weighted by molar-refractivity contribution is -0.167. The SMILES string of the molecule is CC/C=C\C/C=C\C/C=C\C/C=C\CCCCCCCCCCCCCCCCCCC(=O)OCC(COC(=O)CCCCCCC/C=C\C/C=C\CCCCC)OC(=O)CCCCCC/C=C\C/C=C\C/C=C\C/C=C\CC. The third-order valence-electron chi connectivity index (χ3n) is 13.9. The van der Waals surface area contributed by atoms with E-state index < -0.39 is 6.10 Å². The van der Waals surface area contributed by atoms with Gasteiger partial charge in [-0.3, -0.25) is 14.4 Å². The second-order valence-corrected chi connectivity index (χ2v) is 21.6. The lowest BCUT2D eigenvalue weighted by Gasteiger charge is -2.18. The lowest BCUT2D eigenvalue weighted by atomic mass is 10.0. The predicted molar refractivity (Wildman–Crippen MR) is 343 cm³/mol. The molecule has 0 saturated carbocycles. The van der Waals surface area contributed by atoms with Crippen LogP contribution in [-0.2, 0) is 28.6 Å². The Balaban J connectivity index is 4.30. The Morgan fingerprint density at radius 2 is 0.494 bits per heavy atom. The Kier molecular flexibility index (Phi) is 62.8. The molecule has 450 valence electrons. The number of ether oxygens (including phenoxy) is 3. The van der Waals surface area contributed by atoms with E-state index in [9.17, 15) is 14.4 Å². The minimum absolute atomic E-state index is 0.0931. The van der Waals surface area contributed by atoms with Gasteiger partial charge in [0.05, 0.1) is 0 Å². The van der Waals surface area contributed by atoms with E-state index in [-0.39, 0.29) is 31.1 Å². The molecule has 1 unspecified atom stereocenters. The van der Waals surface area contributed by atoms with Gasteiger partial charge in [0.1, 0.15) is 13.2 Å². The Morgan fingerprint density at radius 1 is 0.266 bits per heavy atom. The van der Waals surface area contributed by atoms with Crippen molar-refractivity contribution < 1.29 is 28.6 Å². The number of rotatable bonds is 59. The molecule has 0 amide bonds. The fourth-order valence-electron chi connectivity index (χ4n) is 9.04. The van der Waals surface area contributed by atoms with Crippen LogP contribution in [0.5, 0.6) is 0 Å². The molecule has 0 saturated heterocycles. The minimum Gasteiger partial charge on any atom is -0.462 e. The normalized spacial score (nSPS) is 12.9. The largest absolute Gasteiger partial charge is 0.462 e. The lowest BCUT2D eigenvalue weighted by Crippen LogP contribution is -2.30. The summed E-state index contributed by atoms with van der Waals surface area (Å²) in [4.78, 5) is 38.3. The van der Waals surface area contributed by atoms with E-state index in [1.807, 2.05) is 0 Å². The number of hydrogen-bond acceptors (Lipinski definition) is 6. The first kappa shape index (κ1) is 74.8. The summed E-state index contributed by atoms with van der Waals surface area (Å²) in [5, 5.41) is 0. The molecule has 79 heavy (non-hydrogen) atoms. The van der Waals surface area contributed by atoms with E-state index >= 15 is 0 Å². The summed E-state index contributed by atoms with van der Waals surface area (Å²) in [6.07, 6.45) is 92.1. The van der Waals surface area contributed by atoms with Crippen molar-refractivity contribution in [3.8, 4) is 0 Å². The molecule has 0 bridgehead atoms. The van der Waals surface area contributed by atoms with E-state index in [0.717, 1.165) is 148 Å². The molecule has 0 N–H and O–H groups in total. The second-order valence-electron chi connectivity index (χ2n) is 21.6. The summed E-state index contributed by atoms with van der Waals surface area (Å²) in [6, 6.07) is 0. The van der Waals surface area contributed by atoms with Crippen molar-refractivity contribution in [2.45, 2.75) is 309 Å². The van der Waals surface area contributed by atoms with Crippen LogP contribution in [0.15, 0.2) is 122 Å². The minimum atomic E-state index is -0.800. The average Bonchev–Trinajstić information content (AvgIpc) is 3.45. The van der Waals surface area contributed by atoms with E-state index in [2.05, 4.69) is 142 Å². The molecule has 6 heteroatoms. The summed E-state index contributed by atoms with van der Waals surface area (Å²) in [5.41, 5.74) is 0. The Morgan fingerprint density at radius 3 is 0.772 bits per heavy atom. The van der Waals surface area contributed by atoms with Gasteiger partial charge in [-0.15, -0.1) is 0 Å². The van der Waals surface area contributed by atoms with Crippen molar-refractivity contribution >= 4 is 17.9 Å². The van der Waals surface area contributed by atoms with Gasteiger partial charge in [-0.1, -0.05) is 277 Å². The molecule has 0 rings (SSSR count). The Bertz CT molecular complexity index is 1640. The second kappa shape index (κ2) is 66.3. The highest BCUT2D eigenvalue weighted by Gasteiger charge is 2.19. The van der Waals surface area contributed by atoms with Gasteiger partial charge >= 0.3 is 17.9 Å². The van der Waals surface area contributed by atoms with Crippen LogP contribution in [0.1, 0.15) is 303 Å². The molecule has 0 aliphatic heterocycles. The average molecular weight is 1100 g/mol. The zero-order chi connectivity index (χ0) is 57.1. The molecule has 0 aromatic heterocycles. The smallest absolute Gasteiger partial charge is 0.306 e. The highest BCUT2D eigenvalue weighted by molar-refractivity contribution is 5.71. The maximum atomic E-state index is 12.9. The zero-order valence-corrected chi connectivity index (χ0v) is 51.6. The van der Waals surface area contributed by atoms with Crippen LogP contribution < -0.4 is 0 Å². The van der Waals surface area contributed by atoms with Gasteiger partial charge in [0.25, 0.3) is 0 Å². The highest BCUT2D eigenvalue weighted by Crippen LogP contribution is 2.16. The van der Waals surface area contributed by atoms with Gasteiger partial charge in [-0.05, 0) is 128 Å². The maximum Gasteiger partial charge on any atom is 0.306 e. The number of carbonyl (C=O) groups excluding carboxylic acids is 3. The molecule has 0 heterocycles. The summed E-state index contributed by atoms with van der Waals surface area (Å²) in [7, 11) is 0. The van der Waals surface area contributed by atoms with Crippen molar-refractivity contribution in [2.24, 2.45) is 0 Å². The number of allylic oxidation sites excluding steroid dienone is 20. The van der Waals surface area contributed by atoms with Crippen LogP contribution in [0.2, 0.25) is 0 Å². The van der Waals surface area contributed by atoms with Gasteiger partial charge in [0.15, 0.2) is 6.10 Å². The maximum absolute atomic E-state index is 12.9. The van der Waals surface area contributed by atoms with Crippen LogP contribution in [0.4, 0.5) is 0 Å². The zero-order valence-electron chi connectivity index (χ0n) is 51.6. The van der Waals surface area contributed by atoms with Gasteiger partial charge in [-0.2, -0.15) is 0 Å². The summed E-state index contributed by atoms with van der Waals surface area (Å²) < 4.78 is 16.9. The van der Waals surface area contributed by atoms with Crippen LogP contribution in [0.3, 0.4) is 0 Å². The molecule has 0 fully saturated rings. The third-order valence-corrected chi connectivity index (χ3v) is 13.9. The van der Waals surface area contributed by atoms with E-state index in [4.69, 9.17) is 14.2 Å². The number of carbonyl (C=O) groups is 3. The highest BCUT2D eigenvalue weighted by atomic mass is 16.6. The van der Waals surface area contributed by atoms with Crippen molar-refractivity contribution in [3.05, 3.63) is 122 Å². The van der Waals surface area contributed by atoms with E-state index in [1.54, 1.807) is 0 Å². The molecule has 0 spiro atoms. The molecule has 0 aromatic rings. The summed E-state index contributed by atoms with van der Waals surface area (Å²) in [6.45, 7) is 6.38. The first-order valence-corrected chi connectivity index (χ1v) is 33.0. The third kappa shape index (κ3) is 64.5. The first-order valence-electron chi connectivity index (χ1n) is 33.0. The van der Waals surface area contributed by atoms with Crippen molar-refractivity contribution in [1.29, 1.82) is 0 Å². The Labute approximate surface area is 488 Å². The van der Waals surface area contributed by atoms with Crippen molar-refractivity contribution in [2.75, 3.05) is 13.2 Å². The molecular weight excluding hydrogens is 973 g/mol. The fourth-order valence-corrected chi connectivity index (χ4v) is 9.04. The predicted octanol–water partition coefficient (Wildman–Crippen LogP) is 22.8. The summed E-state index contributed by atoms with van der Waals surface area (Å²) in [5.74, 6) is -0.924. The number of esters is 3. The van der Waals surface area contributed by atoms with Crippen LogP contribution in [0, 0.1) is 0 Å². The van der Waals surface area contributed by atoms with Crippen molar-refractivity contribution in [3.63, 3.8) is 0 Å². The fraction of sp³-hybridized carbons (Fsp3) is 0.685. The summed E-state index contributed by atoms with van der Waals surface area (Å²) >= 11 is 0. The topological polar surface area (TPSA) is 78.9 Å². The standard InChI is InChI=1S/C73H122O6/c1-4-7-10-13-16-19-22-25-28-30-31-32-33-34-35-36-37-38-39-40-41-43-45-48-51-54-57-60-63-66-72(75)78-69-70(68-77-71(74)65-62-59-56-53-50-47-44-27-24-21-18-15-12-9-6-3)79-73(76)67-64-61-58-55-52-49-46-42-29-26-23-20-17-14-11-8-5-2/h7-8,10-11,16-21,25-29,31-32,44,46,49,70H,4-6,9,12-15,22-24,30,33-43,45,47-48,50-69H2,1-3H3/b10-7-,11-8-,19-16-,20-17-,21-18-,28-25-,29-26-,32-31-,44-27-,49-46-. The molecule has 1 atom stereocenters. The van der Waals surface area contributed by atoms with Crippen LogP contribution in [-0.4, -0.2) is 37.2 Å². The first-order chi connectivity index (χ1) is 39.0. The van der Waals surface area contributed by atoms with E-state index in [1.165, 1.54) is 116 Å². The molecule has 6 nitrogen and oxygen atoms in total. The van der Waals surface area contributed by atoms with Gasteiger partial charge in [-0.25, -0.2) is 0 Å². The molecular formula is C73H122O6. The molecule has 0 aromatic carbocycles. The van der Waals surface area contributed by atoms with Crippen molar-refractivity contribution in [1.82, 2.24) is 0 Å².